The van der Waals surface area contributed by atoms with Crippen LogP contribution in [0, 0.1) is 5.92 Å². The highest BCUT2D eigenvalue weighted by Gasteiger charge is 2.52. The summed E-state index contributed by atoms with van der Waals surface area (Å²) in [6, 6.07) is 4.35. The maximum Gasteiger partial charge on any atom is 0.344 e. The molecule has 1 spiro atoms. The molecule has 9 nitrogen and oxygen atoms in total. The van der Waals surface area contributed by atoms with Crippen molar-refractivity contribution < 1.29 is 22.8 Å². The zero-order chi connectivity index (χ0) is 21.4. The van der Waals surface area contributed by atoms with Gasteiger partial charge in [0.1, 0.15) is 5.54 Å². The van der Waals surface area contributed by atoms with Gasteiger partial charge in [0.2, 0.25) is 10.0 Å². The molecule has 2 aliphatic rings. The molecule has 1 heterocycles. The average molecular weight is 423 g/mol. The van der Waals surface area contributed by atoms with Gasteiger partial charge in [-0.1, -0.05) is 6.92 Å². The first-order valence-corrected chi connectivity index (χ1v) is 11.1. The number of imide groups is 1. The van der Waals surface area contributed by atoms with E-state index in [9.17, 15) is 22.8 Å². The average Bonchev–Trinajstić information content (AvgIpc) is 2.87. The van der Waals surface area contributed by atoms with Gasteiger partial charge < -0.3 is 5.32 Å². The van der Waals surface area contributed by atoms with Gasteiger partial charge in [-0.25, -0.2) is 17.9 Å². The number of nitrogens with one attached hydrogen (secondary N) is 3. The number of carbonyl (C=O) groups excluding carboxylic acids is 3. The Labute approximate surface area is 170 Å². The number of hydrazine groups is 1. The molecule has 1 saturated carbocycles. The van der Waals surface area contributed by atoms with Gasteiger partial charge in [-0.05, 0) is 69.7 Å². The summed E-state index contributed by atoms with van der Waals surface area (Å²) in [5.41, 5.74) is 1.52. The molecule has 1 aromatic rings. The van der Waals surface area contributed by atoms with E-state index in [1.165, 1.54) is 24.3 Å². The van der Waals surface area contributed by atoms with Crippen molar-refractivity contribution in [2.75, 3.05) is 0 Å². The Morgan fingerprint density at radius 3 is 2.31 bits per heavy atom. The fraction of sp³-hybridized carbons (Fsp3) is 0.526. The summed E-state index contributed by atoms with van der Waals surface area (Å²) in [5, 5.41) is 3.45. The molecule has 0 bridgehead atoms. The molecule has 0 aromatic heterocycles. The fourth-order valence-corrected chi connectivity index (χ4v) is 4.90. The van der Waals surface area contributed by atoms with E-state index in [1.807, 2.05) is 0 Å². The van der Waals surface area contributed by atoms with Crippen molar-refractivity contribution in [3.63, 3.8) is 0 Å². The smallest absolute Gasteiger partial charge is 0.322 e. The number of benzene rings is 1. The van der Waals surface area contributed by atoms with Crippen molar-refractivity contribution in [2.24, 2.45) is 5.92 Å². The molecule has 158 valence electrons. The summed E-state index contributed by atoms with van der Waals surface area (Å²) < 4.78 is 26.8. The third-order valence-electron chi connectivity index (χ3n) is 5.32. The van der Waals surface area contributed by atoms with Gasteiger partial charge >= 0.3 is 6.03 Å². The Balaban J connectivity index is 1.70. The van der Waals surface area contributed by atoms with Crippen molar-refractivity contribution in [1.29, 1.82) is 0 Å². The second kappa shape index (κ2) is 7.75. The Morgan fingerprint density at radius 2 is 1.76 bits per heavy atom. The van der Waals surface area contributed by atoms with Crippen molar-refractivity contribution in [1.82, 2.24) is 20.5 Å². The summed E-state index contributed by atoms with van der Waals surface area (Å²) >= 11 is 0. The first kappa shape index (κ1) is 21.3. The SMILES string of the molecule is CC1CCC2(CC1)NC(=O)N(NC(=O)c1ccc(S(=O)(=O)NC(C)C)cc1)C2=O. The summed E-state index contributed by atoms with van der Waals surface area (Å²) in [7, 11) is -3.68. The maximum atomic E-state index is 12.8. The van der Waals surface area contributed by atoms with Gasteiger partial charge in [0.25, 0.3) is 11.8 Å². The number of amides is 4. The lowest BCUT2D eigenvalue weighted by Gasteiger charge is -2.33. The van der Waals surface area contributed by atoms with E-state index in [0.717, 1.165) is 17.9 Å². The molecule has 1 aliphatic carbocycles. The molecule has 1 aliphatic heterocycles. The van der Waals surface area contributed by atoms with Gasteiger partial charge in [-0.3, -0.25) is 15.0 Å². The van der Waals surface area contributed by atoms with Crippen LogP contribution in [0.4, 0.5) is 4.79 Å². The van der Waals surface area contributed by atoms with E-state index in [0.29, 0.717) is 18.8 Å². The zero-order valence-electron chi connectivity index (χ0n) is 16.7. The van der Waals surface area contributed by atoms with Crippen LogP contribution in [0.5, 0.6) is 0 Å². The van der Waals surface area contributed by atoms with Crippen LogP contribution in [0.3, 0.4) is 0 Å². The number of hydrogen-bond donors (Lipinski definition) is 3. The lowest BCUT2D eigenvalue weighted by atomic mass is 9.77. The van der Waals surface area contributed by atoms with E-state index in [2.05, 4.69) is 22.4 Å². The highest BCUT2D eigenvalue weighted by Crippen LogP contribution is 2.35. The molecule has 4 amide bonds. The van der Waals surface area contributed by atoms with Crippen molar-refractivity contribution in [2.45, 2.75) is 62.9 Å². The summed E-state index contributed by atoms with van der Waals surface area (Å²) in [5.74, 6) is -0.632. The second-order valence-electron chi connectivity index (χ2n) is 8.08. The fourth-order valence-electron chi connectivity index (χ4n) is 3.65. The van der Waals surface area contributed by atoms with Gasteiger partial charge in [0, 0.05) is 11.6 Å². The predicted molar refractivity (Wildman–Crippen MR) is 105 cm³/mol. The Bertz CT molecular complexity index is 918. The molecule has 29 heavy (non-hydrogen) atoms. The Hall–Kier alpha value is -2.46. The van der Waals surface area contributed by atoms with Gasteiger partial charge in [-0.15, -0.1) is 0 Å². The first-order valence-electron chi connectivity index (χ1n) is 9.64. The predicted octanol–water partition coefficient (Wildman–Crippen LogP) is 1.52. The zero-order valence-corrected chi connectivity index (χ0v) is 17.5. The van der Waals surface area contributed by atoms with Crippen molar-refractivity contribution in [3.8, 4) is 0 Å². The number of urea groups is 1. The molecule has 2 fully saturated rings. The molecule has 3 N–H and O–H groups in total. The molecular weight excluding hydrogens is 396 g/mol. The maximum absolute atomic E-state index is 12.8. The summed E-state index contributed by atoms with van der Waals surface area (Å²) in [4.78, 5) is 37.6. The van der Waals surface area contributed by atoms with Crippen LogP contribution >= 0.6 is 0 Å². The largest absolute Gasteiger partial charge is 0.344 e. The van der Waals surface area contributed by atoms with Crippen LogP contribution in [0.25, 0.3) is 0 Å². The van der Waals surface area contributed by atoms with E-state index < -0.39 is 33.4 Å². The highest BCUT2D eigenvalue weighted by molar-refractivity contribution is 7.89. The van der Waals surface area contributed by atoms with E-state index in [1.54, 1.807) is 13.8 Å². The lowest BCUT2D eigenvalue weighted by Crippen LogP contribution is -2.51. The van der Waals surface area contributed by atoms with Crippen LogP contribution in [-0.2, 0) is 14.8 Å². The van der Waals surface area contributed by atoms with Crippen molar-refractivity contribution >= 4 is 27.9 Å². The standard InChI is InChI=1S/C19H26N4O5S/c1-12(2)22-29(27,28)15-6-4-14(5-7-15)16(24)21-23-17(25)19(20-18(23)26)10-8-13(3)9-11-19/h4-7,12-13,22H,8-11H2,1-3H3,(H,20,26)(H,21,24). The van der Waals surface area contributed by atoms with Gasteiger partial charge in [0.05, 0.1) is 4.90 Å². The molecular formula is C19H26N4O5S. The van der Waals surface area contributed by atoms with Gasteiger partial charge in [0.15, 0.2) is 0 Å². The monoisotopic (exact) mass is 422 g/mol. The lowest BCUT2D eigenvalue weighted by molar-refractivity contribution is -0.134. The Morgan fingerprint density at radius 1 is 1.17 bits per heavy atom. The number of nitrogens with zero attached hydrogens (tertiary/aromatic N) is 1. The normalized spacial score (nSPS) is 24.8. The van der Waals surface area contributed by atoms with Crippen LogP contribution in [0.1, 0.15) is 56.8 Å². The van der Waals surface area contributed by atoms with Crippen LogP contribution in [0.15, 0.2) is 29.2 Å². The van der Waals surface area contributed by atoms with Gasteiger partial charge in [-0.2, -0.15) is 5.01 Å². The summed E-state index contributed by atoms with van der Waals surface area (Å²) in [6.07, 6.45) is 2.74. The van der Waals surface area contributed by atoms with E-state index >= 15 is 0 Å². The second-order valence-corrected chi connectivity index (χ2v) is 9.79. The van der Waals surface area contributed by atoms with Crippen molar-refractivity contribution in [3.05, 3.63) is 29.8 Å². The van der Waals surface area contributed by atoms with Crippen LogP contribution < -0.4 is 15.5 Å². The molecule has 1 aromatic carbocycles. The molecule has 0 atom stereocenters. The quantitative estimate of drug-likeness (QED) is 0.621. The van der Waals surface area contributed by atoms with E-state index in [4.69, 9.17) is 0 Å². The number of rotatable bonds is 5. The minimum atomic E-state index is -3.68. The molecule has 0 radical (unpaired) electrons. The topological polar surface area (TPSA) is 125 Å². The van der Waals surface area contributed by atoms with E-state index in [-0.39, 0.29) is 16.5 Å². The minimum absolute atomic E-state index is 0.0213. The first-order chi connectivity index (χ1) is 13.5. The molecule has 10 heteroatoms. The summed E-state index contributed by atoms with van der Waals surface area (Å²) in [6.45, 7) is 5.52. The minimum Gasteiger partial charge on any atom is -0.322 e. The number of hydrogen-bond acceptors (Lipinski definition) is 5. The third kappa shape index (κ3) is 4.27. The Kier molecular flexibility index (Phi) is 5.68. The molecule has 3 rings (SSSR count). The molecule has 1 saturated heterocycles. The third-order valence-corrected chi connectivity index (χ3v) is 7.00. The van der Waals surface area contributed by atoms with Crippen LogP contribution in [-0.4, -0.2) is 42.9 Å². The van der Waals surface area contributed by atoms with Crippen LogP contribution in [0.2, 0.25) is 0 Å². The number of carbonyl (C=O) groups is 3. The highest BCUT2D eigenvalue weighted by atomic mass is 32.2. The molecule has 0 unspecified atom stereocenters. The number of sulfonamides is 1.